The molecule has 0 unspecified atom stereocenters. The van der Waals surface area contributed by atoms with Gasteiger partial charge in [0.25, 0.3) is 0 Å². The normalized spacial score (nSPS) is 11.8. The lowest BCUT2D eigenvalue weighted by Crippen LogP contribution is -2.09. The fourth-order valence-corrected chi connectivity index (χ4v) is 1.45. The monoisotopic (exact) mass is 303 g/mol. The number of alkyl halides is 3. The van der Waals surface area contributed by atoms with Gasteiger partial charge in [-0.25, -0.2) is 4.98 Å². The van der Waals surface area contributed by atoms with Crippen LogP contribution in [0.25, 0.3) is 0 Å². The molecule has 1 aromatic rings. The molecule has 0 bridgehead atoms. The van der Waals surface area contributed by atoms with Crippen molar-refractivity contribution in [3.63, 3.8) is 0 Å². The van der Waals surface area contributed by atoms with Crippen molar-refractivity contribution in [1.29, 1.82) is 0 Å². The second-order valence-corrected chi connectivity index (χ2v) is 3.44. The average molecular weight is 303 g/mol. The van der Waals surface area contributed by atoms with Gasteiger partial charge in [-0.2, -0.15) is 13.2 Å². The molecule has 2 nitrogen and oxygen atoms in total. The third kappa shape index (κ3) is 2.80. The number of aliphatic hydroxyl groups excluding tert-OH is 1. The molecule has 1 rings (SSSR count). The van der Waals surface area contributed by atoms with Crippen molar-refractivity contribution in [2.45, 2.75) is 12.8 Å². The molecule has 0 spiro atoms. The van der Waals surface area contributed by atoms with Crippen LogP contribution in [-0.4, -0.2) is 10.1 Å². The molecule has 13 heavy (non-hydrogen) atoms. The first-order valence-electron chi connectivity index (χ1n) is 3.28. The summed E-state index contributed by atoms with van der Waals surface area (Å²) in [5.74, 6) is 0. The first-order chi connectivity index (χ1) is 5.93. The molecule has 0 aliphatic rings. The number of halogens is 4. The highest BCUT2D eigenvalue weighted by atomic mass is 127. The van der Waals surface area contributed by atoms with Crippen molar-refractivity contribution in [2.24, 2.45) is 0 Å². The van der Waals surface area contributed by atoms with Crippen LogP contribution in [0, 0.1) is 3.70 Å². The highest BCUT2D eigenvalue weighted by molar-refractivity contribution is 14.1. The fraction of sp³-hybridized carbons (Fsp3) is 0.286. The zero-order valence-electron chi connectivity index (χ0n) is 6.27. The van der Waals surface area contributed by atoms with Crippen molar-refractivity contribution in [3.05, 3.63) is 27.1 Å². The molecule has 0 aliphatic heterocycles. The Morgan fingerprint density at radius 1 is 1.38 bits per heavy atom. The maximum Gasteiger partial charge on any atom is 0.433 e. The Morgan fingerprint density at radius 3 is 2.46 bits per heavy atom. The van der Waals surface area contributed by atoms with Crippen LogP contribution in [0.15, 0.2) is 12.1 Å². The molecular weight excluding hydrogens is 298 g/mol. The Morgan fingerprint density at radius 2 is 2.00 bits per heavy atom. The number of hydrogen-bond donors (Lipinski definition) is 1. The summed E-state index contributed by atoms with van der Waals surface area (Å²) < 4.78 is 36.6. The maximum atomic E-state index is 12.1. The van der Waals surface area contributed by atoms with Gasteiger partial charge in [0.15, 0.2) is 0 Å². The molecule has 72 valence electrons. The van der Waals surface area contributed by atoms with E-state index in [2.05, 4.69) is 4.98 Å². The summed E-state index contributed by atoms with van der Waals surface area (Å²) in [5.41, 5.74) is -0.754. The van der Waals surface area contributed by atoms with E-state index in [1.54, 1.807) is 22.6 Å². The molecule has 0 aliphatic carbocycles. The van der Waals surface area contributed by atoms with Gasteiger partial charge in [-0.05, 0) is 40.3 Å². The number of aromatic nitrogens is 1. The van der Waals surface area contributed by atoms with Crippen LogP contribution in [0.4, 0.5) is 13.2 Å². The van der Waals surface area contributed by atoms with Crippen molar-refractivity contribution in [2.75, 3.05) is 0 Å². The van der Waals surface area contributed by atoms with Gasteiger partial charge >= 0.3 is 6.18 Å². The van der Waals surface area contributed by atoms with Gasteiger partial charge in [0.05, 0.1) is 6.61 Å². The molecule has 6 heteroatoms. The van der Waals surface area contributed by atoms with E-state index in [9.17, 15) is 13.2 Å². The van der Waals surface area contributed by atoms with E-state index in [0.717, 1.165) is 6.07 Å². The van der Waals surface area contributed by atoms with Gasteiger partial charge in [0, 0.05) is 0 Å². The van der Waals surface area contributed by atoms with Crippen molar-refractivity contribution in [1.82, 2.24) is 4.98 Å². The van der Waals surface area contributed by atoms with E-state index in [-0.39, 0.29) is 9.26 Å². The SMILES string of the molecule is OCc1cc(I)nc(C(F)(F)F)c1. The van der Waals surface area contributed by atoms with Crippen molar-refractivity contribution in [3.8, 4) is 0 Å². The molecule has 0 saturated carbocycles. The molecule has 0 radical (unpaired) electrons. The highest BCUT2D eigenvalue weighted by Gasteiger charge is 2.32. The average Bonchev–Trinajstić information content (AvgIpc) is 2.01. The maximum absolute atomic E-state index is 12.1. The van der Waals surface area contributed by atoms with Crippen LogP contribution >= 0.6 is 22.6 Å². The summed E-state index contributed by atoms with van der Waals surface area (Å²) >= 11 is 1.67. The number of rotatable bonds is 1. The summed E-state index contributed by atoms with van der Waals surface area (Å²) in [7, 11) is 0. The molecular formula is C7H5F3INO. The van der Waals surface area contributed by atoms with E-state index in [4.69, 9.17) is 5.11 Å². The van der Waals surface area contributed by atoms with E-state index in [1.165, 1.54) is 6.07 Å². The number of nitrogens with zero attached hydrogens (tertiary/aromatic N) is 1. The zero-order valence-corrected chi connectivity index (χ0v) is 8.43. The molecule has 1 heterocycles. The van der Waals surface area contributed by atoms with Crippen LogP contribution < -0.4 is 0 Å². The van der Waals surface area contributed by atoms with Crippen LogP contribution in [0.5, 0.6) is 0 Å². The minimum absolute atomic E-state index is 0.215. The summed E-state index contributed by atoms with van der Waals surface area (Å²) in [6, 6.07) is 2.23. The van der Waals surface area contributed by atoms with E-state index >= 15 is 0 Å². The molecule has 0 amide bonds. The Bertz CT molecular complexity index is 313. The van der Waals surface area contributed by atoms with Gasteiger partial charge in [0.1, 0.15) is 9.39 Å². The molecule has 0 saturated heterocycles. The van der Waals surface area contributed by atoms with Crippen molar-refractivity contribution >= 4 is 22.6 Å². The quantitative estimate of drug-likeness (QED) is 0.637. The smallest absolute Gasteiger partial charge is 0.392 e. The first-order valence-corrected chi connectivity index (χ1v) is 4.36. The Labute approximate surface area is 85.9 Å². The van der Waals surface area contributed by atoms with Gasteiger partial charge in [-0.1, -0.05) is 0 Å². The topological polar surface area (TPSA) is 33.1 Å². The fourth-order valence-electron chi connectivity index (χ4n) is 0.786. The minimum Gasteiger partial charge on any atom is -0.392 e. The lowest BCUT2D eigenvalue weighted by atomic mass is 10.2. The van der Waals surface area contributed by atoms with Crippen LogP contribution in [0.1, 0.15) is 11.3 Å². The predicted octanol–water partition coefficient (Wildman–Crippen LogP) is 2.20. The largest absolute Gasteiger partial charge is 0.433 e. The third-order valence-corrected chi connectivity index (χ3v) is 1.88. The van der Waals surface area contributed by atoms with Crippen LogP contribution in [0.3, 0.4) is 0 Å². The summed E-state index contributed by atoms with van der Waals surface area (Å²) in [6.45, 7) is -0.415. The van der Waals surface area contributed by atoms with Crippen molar-refractivity contribution < 1.29 is 18.3 Å². The Hall–Kier alpha value is -0.370. The minimum atomic E-state index is -4.45. The molecule has 0 atom stereocenters. The molecule has 1 N–H and O–H groups in total. The van der Waals surface area contributed by atoms with E-state index < -0.39 is 18.5 Å². The summed E-state index contributed by atoms with van der Waals surface area (Å²) in [6.07, 6.45) is -4.45. The van der Waals surface area contributed by atoms with Crippen LogP contribution in [0.2, 0.25) is 0 Å². The lowest BCUT2D eigenvalue weighted by molar-refractivity contribution is -0.141. The number of pyridine rings is 1. The lowest BCUT2D eigenvalue weighted by Gasteiger charge is -2.07. The summed E-state index contributed by atoms with van der Waals surface area (Å²) in [4.78, 5) is 3.30. The molecule has 0 aromatic carbocycles. The zero-order chi connectivity index (χ0) is 10.1. The van der Waals surface area contributed by atoms with E-state index in [1.807, 2.05) is 0 Å². The van der Waals surface area contributed by atoms with Gasteiger partial charge in [0.2, 0.25) is 0 Å². The summed E-state index contributed by atoms with van der Waals surface area (Å²) in [5, 5.41) is 8.65. The second-order valence-electron chi connectivity index (χ2n) is 2.34. The van der Waals surface area contributed by atoms with E-state index in [0.29, 0.717) is 0 Å². The highest BCUT2D eigenvalue weighted by Crippen LogP contribution is 2.28. The number of hydrogen-bond acceptors (Lipinski definition) is 2. The van der Waals surface area contributed by atoms with Gasteiger partial charge in [-0.3, -0.25) is 0 Å². The molecule has 1 aromatic heterocycles. The Kier molecular flexibility index (Phi) is 3.12. The first kappa shape index (κ1) is 10.7. The van der Waals surface area contributed by atoms with Crippen LogP contribution in [-0.2, 0) is 12.8 Å². The Balaban J connectivity index is 3.16. The second kappa shape index (κ2) is 3.79. The molecule has 0 fully saturated rings. The van der Waals surface area contributed by atoms with Gasteiger partial charge < -0.3 is 5.11 Å². The standard InChI is InChI=1S/C7H5F3INO/c8-7(9,10)5-1-4(3-13)2-6(11)12-5/h1-2,13H,3H2. The van der Waals surface area contributed by atoms with Gasteiger partial charge in [-0.15, -0.1) is 0 Å². The third-order valence-electron chi connectivity index (χ3n) is 1.33. The number of aliphatic hydroxyl groups is 1. The predicted molar refractivity (Wildman–Crippen MR) is 47.9 cm³/mol.